The molecule has 0 aliphatic carbocycles. The number of aliphatic hydroxyl groups is 1. The predicted molar refractivity (Wildman–Crippen MR) is 74.9 cm³/mol. The minimum Gasteiger partial charge on any atom is -0.395 e. The van der Waals surface area contributed by atoms with Crippen molar-refractivity contribution in [2.24, 2.45) is 0 Å². The number of hydrogen-bond acceptors (Lipinski definition) is 4. The average molecular weight is 274 g/mol. The molecule has 0 spiro atoms. The molecule has 5 nitrogen and oxygen atoms in total. The third-order valence-corrected chi connectivity index (χ3v) is 2.89. The molecule has 0 saturated carbocycles. The fourth-order valence-corrected chi connectivity index (χ4v) is 1.81. The molecule has 0 bridgehead atoms. The van der Waals surface area contributed by atoms with Crippen LogP contribution in [0.2, 0.25) is 0 Å². The summed E-state index contributed by atoms with van der Waals surface area (Å²) in [5.74, 6) is 5.64. The van der Waals surface area contributed by atoms with Crippen LogP contribution in [0.15, 0.2) is 24.3 Å². The lowest BCUT2D eigenvalue weighted by Gasteiger charge is -2.26. The van der Waals surface area contributed by atoms with E-state index < -0.39 is 0 Å². The van der Waals surface area contributed by atoms with Gasteiger partial charge in [-0.15, -0.1) is 0 Å². The van der Waals surface area contributed by atoms with Crippen LogP contribution >= 0.6 is 0 Å². The summed E-state index contributed by atoms with van der Waals surface area (Å²) < 4.78 is 5.22. The first-order valence-corrected chi connectivity index (χ1v) is 6.63. The molecule has 0 unspecified atom stereocenters. The van der Waals surface area contributed by atoms with Gasteiger partial charge in [-0.3, -0.25) is 10.2 Å². The standard InChI is InChI=1S/C15H18N2O3/c18-10-2-1-3-13-4-6-14(7-5-13)15(19)16-17-8-11-20-12-9-17/h4-7,18H,2,8-12H2,(H,16,19). The van der Waals surface area contributed by atoms with E-state index in [0.29, 0.717) is 38.3 Å². The fraction of sp³-hybridized carbons (Fsp3) is 0.400. The van der Waals surface area contributed by atoms with Gasteiger partial charge < -0.3 is 9.84 Å². The maximum Gasteiger partial charge on any atom is 0.265 e. The number of benzene rings is 1. The molecule has 0 radical (unpaired) electrons. The number of ether oxygens (including phenoxy) is 1. The van der Waals surface area contributed by atoms with Gasteiger partial charge in [0.05, 0.1) is 19.8 Å². The number of nitrogens with zero attached hydrogens (tertiary/aromatic N) is 1. The number of morpholine rings is 1. The molecule has 1 aromatic carbocycles. The number of rotatable bonds is 3. The average Bonchev–Trinajstić information content (AvgIpc) is 2.49. The lowest BCUT2D eigenvalue weighted by Crippen LogP contribution is -2.48. The number of carbonyl (C=O) groups is 1. The van der Waals surface area contributed by atoms with Crippen molar-refractivity contribution in [3.8, 4) is 11.8 Å². The number of aliphatic hydroxyl groups excluding tert-OH is 1. The molecule has 2 rings (SSSR count). The number of nitrogens with one attached hydrogen (secondary N) is 1. The second kappa shape index (κ2) is 7.65. The van der Waals surface area contributed by atoms with Gasteiger partial charge in [0, 0.05) is 30.6 Å². The topological polar surface area (TPSA) is 61.8 Å². The van der Waals surface area contributed by atoms with Crippen molar-refractivity contribution in [1.29, 1.82) is 0 Å². The molecule has 1 fully saturated rings. The van der Waals surface area contributed by atoms with Crippen LogP contribution in [0.25, 0.3) is 0 Å². The summed E-state index contributed by atoms with van der Waals surface area (Å²) in [6.45, 7) is 2.75. The summed E-state index contributed by atoms with van der Waals surface area (Å²) in [7, 11) is 0. The first-order chi connectivity index (χ1) is 9.79. The largest absolute Gasteiger partial charge is 0.395 e. The quantitative estimate of drug-likeness (QED) is 0.783. The third kappa shape index (κ3) is 4.35. The fourth-order valence-electron chi connectivity index (χ4n) is 1.81. The maximum atomic E-state index is 12.0. The molecule has 20 heavy (non-hydrogen) atoms. The van der Waals surface area contributed by atoms with E-state index in [1.54, 1.807) is 24.3 Å². The Kier molecular flexibility index (Phi) is 5.56. The van der Waals surface area contributed by atoms with E-state index in [9.17, 15) is 4.79 Å². The van der Waals surface area contributed by atoms with Crippen LogP contribution in [-0.2, 0) is 4.74 Å². The lowest BCUT2D eigenvalue weighted by molar-refractivity contribution is 0.0126. The monoisotopic (exact) mass is 274 g/mol. The van der Waals surface area contributed by atoms with Crippen LogP contribution in [0.4, 0.5) is 0 Å². The van der Waals surface area contributed by atoms with Crippen molar-refractivity contribution in [2.45, 2.75) is 6.42 Å². The molecule has 5 heteroatoms. The van der Waals surface area contributed by atoms with Gasteiger partial charge >= 0.3 is 0 Å². The van der Waals surface area contributed by atoms with Gasteiger partial charge in [-0.05, 0) is 24.3 Å². The van der Waals surface area contributed by atoms with Gasteiger partial charge in [0.25, 0.3) is 5.91 Å². The number of amides is 1. The molecule has 0 atom stereocenters. The Morgan fingerprint density at radius 3 is 2.65 bits per heavy atom. The van der Waals surface area contributed by atoms with E-state index in [-0.39, 0.29) is 12.5 Å². The molecule has 2 N–H and O–H groups in total. The van der Waals surface area contributed by atoms with Gasteiger partial charge in [0.2, 0.25) is 0 Å². The van der Waals surface area contributed by atoms with E-state index in [1.165, 1.54) is 0 Å². The highest BCUT2D eigenvalue weighted by molar-refractivity contribution is 5.93. The number of hydrogen-bond donors (Lipinski definition) is 2. The van der Waals surface area contributed by atoms with Crippen molar-refractivity contribution in [2.75, 3.05) is 32.9 Å². The predicted octanol–water partition coefficient (Wildman–Crippen LogP) is 0.398. The van der Waals surface area contributed by atoms with Crippen molar-refractivity contribution in [3.63, 3.8) is 0 Å². The summed E-state index contributed by atoms with van der Waals surface area (Å²) in [4.78, 5) is 12.0. The van der Waals surface area contributed by atoms with Crippen molar-refractivity contribution < 1.29 is 14.6 Å². The summed E-state index contributed by atoms with van der Waals surface area (Å²) in [6.07, 6.45) is 0.458. The van der Waals surface area contributed by atoms with Gasteiger partial charge in [-0.1, -0.05) is 11.8 Å². The minimum absolute atomic E-state index is 0.0625. The highest BCUT2D eigenvalue weighted by Gasteiger charge is 2.13. The zero-order valence-electron chi connectivity index (χ0n) is 11.3. The van der Waals surface area contributed by atoms with Gasteiger partial charge in [-0.2, -0.15) is 0 Å². The Balaban J connectivity index is 1.92. The molecule has 1 aliphatic rings. The molecule has 1 amide bonds. The summed E-state index contributed by atoms with van der Waals surface area (Å²) in [6, 6.07) is 7.11. The second-order valence-electron chi connectivity index (χ2n) is 4.39. The molecule has 1 saturated heterocycles. The van der Waals surface area contributed by atoms with Gasteiger partial charge in [0.15, 0.2) is 0 Å². The molecular weight excluding hydrogens is 256 g/mol. The molecule has 1 aromatic rings. The van der Waals surface area contributed by atoms with Crippen molar-refractivity contribution >= 4 is 5.91 Å². The summed E-state index contributed by atoms with van der Waals surface area (Å²) in [5.41, 5.74) is 4.29. The molecular formula is C15H18N2O3. The van der Waals surface area contributed by atoms with Crippen LogP contribution in [0.5, 0.6) is 0 Å². The number of hydrazine groups is 1. The van der Waals surface area contributed by atoms with E-state index in [4.69, 9.17) is 9.84 Å². The van der Waals surface area contributed by atoms with Crippen molar-refractivity contribution in [1.82, 2.24) is 10.4 Å². The van der Waals surface area contributed by atoms with Crippen LogP contribution in [-0.4, -0.2) is 48.9 Å². The zero-order valence-corrected chi connectivity index (χ0v) is 11.3. The van der Waals surface area contributed by atoms with E-state index in [1.807, 2.05) is 5.01 Å². The molecule has 106 valence electrons. The van der Waals surface area contributed by atoms with Gasteiger partial charge in [-0.25, -0.2) is 5.01 Å². The zero-order chi connectivity index (χ0) is 14.2. The lowest BCUT2D eigenvalue weighted by atomic mass is 10.1. The van der Waals surface area contributed by atoms with E-state index in [2.05, 4.69) is 17.3 Å². The molecule has 1 heterocycles. The normalized spacial score (nSPS) is 15.2. The maximum absolute atomic E-state index is 12.0. The van der Waals surface area contributed by atoms with E-state index >= 15 is 0 Å². The Hall–Kier alpha value is -1.87. The summed E-state index contributed by atoms with van der Waals surface area (Å²) >= 11 is 0. The Bertz CT molecular complexity index is 496. The SMILES string of the molecule is O=C(NN1CCOCC1)c1ccc(C#CCCO)cc1. The smallest absolute Gasteiger partial charge is 0.265 e. The molecule has 0 aromatic heterocycles. The second-order valence-corrected chi connectivity index (χ2v) is 4.39. The van der Waals surface area contributed by atoms with Crippen molar-refractivity contribution in [3.05, 3.63) is 35.4 Å². The Labute approximate surface area is 118 Å². The highest BCUT2D eigenvalue weighted by Crippen LogP contribution is 2.04. The minimum atomic E-state index is -0.123. The van der Waals surface area contributed by atoms with E-state index in [0.717, 1.165) is 5.56 Å². The third-order valence-electron chi connectivity index (χ3n) is 2.89. The highest BCUT2D eigenvalue weighted by atomic mass is 16.5. The van der Waals surface area contributed by atoms with Crippen LogP contribution < -0.4 is 5.43 Å². The first kappa shape index (κ1) is 14.5. The Morgan fingerprint density at radius 2 is 2.00 bits per heavy atom. The van der Waals surface area contributed by atoms with Crippen LogP contribution in [0, 0.1) is 11.8 Å². The summed E-state index contributed by atoms with van der Waals surface area (Å²) in [5, 5.41) is 10.5. The number of carbonyl (C=O) groups excluding carboxylic acids is 1. The Morgan fingerprint density at radius 1 is 1.30 bits per heavy atom. The van der Waals surface area contributed by atoms with Crippen LogP contribution in [0.3, 0.4) is 0 Å². The van der Waals surface area contributed by atoms with Gasteiger partial charge in [0.1, 0.15) is 0 Å². The molecule has 1 aliphatic heterocycles. The first-order valence-electron chi connectivity index (χ1n) is 6.63. The van der Waals surface area contributed by atoms with Crippen LogP contribution in [0.1, 0.15) is 22.3 Å².